The molecule has 0 saturated carbocycles. The Bertz CT molecular complexity index is 3170. The Balaban J connectivity index is 1.15. The lowest BCUT2D eigenvalue weighted by atomic mass is 9.93. The molecular formula is C52H33N3S2. The fourth-order valence-electron chi connectivity index (χ4n) is 8.08. The van der Waals surface area contributed by atoms with Crippen molar-refractivity contribution in [3.05, 3.63) is 188 Å². The normalized spacial score (nSPS) is 11.6. The van der Waals surface area contributed by atoms with Gasteiger partial charge in [-0.15, -0.1) is 22.7 Å². The second kappa shape index (κ2) is 13.7. The van der Waals surface area contributed by atoms with Crippen molar-refractivity contribution in [2.75, 3.05) is 0 Å². The average molecular weight is 764 g/mol. The Labute approximate surface area is 338 Å². The van der Waals surface area contributed by atoms with Crippen LogP contribution >= 0.6 is 22.7 Å². The molecule has 268 valence electrons. The van der Waals surface area contributed by atoms with Crippen LogP contribution in [0.15, 0.2) is 182 Å². The van der Waals surface area contributed by atoms with Crippen LogP contribution in [-0.2, 0) is 0 Å². The van der Waals surface area contributed by atoms with Gasteiger partial charge in [-0.3, -0.25) is 4.98 Å². The molecule has 0 amide bonds. The first-order valence-corrected chi connectivity index (χ1v) is 20.7. The molecule has 4 heterocycles. The minimum absolute atomic E-state index is 0.686. The monoisotopic (exact) mass is 763 g/mol. The molecule has 5 heteroatoms. The summed E-state index contributed by atoms with van der Waals surface area (Å²) in [6, 6.07) is 61.1. The first kappa shape index (κ1) is 33.5. The van der Waals surface area contributed by atoms with Crippen molar-refractivity contribution < 1.29 is 0 Å². The highest BCUT2D eigenvalue weighted by Gasteiger charge is 2.18. The Morgan fingerprint density at radius 2 is 0.912 bits per heavy atom. The van der Waals surface area contributed by atoms with Crippen molar-refractivity contribution in [2.24, 2.45) is 0 Å². The average Bonchev–Trinajstić information content (AvgIpc) is 3.85. The molecule has 11 rings (SSSR count). The van der Waals surface area contributed by atoms with Crippen LogP contribution in [0.5, 0.6) is 0 Å². The van der Waals surface area contributed by atoms with Crippen LogP contribution in [0.1, 0.15) is 5.56 Å². The largest absolute Gasteiger partial charge is 0.264 e. The third-order valence-electron chi connectivity index (χ3n) is 10.9. The van der Waals surface area contributed by atoms with E-state index in [4.69, 9.17) is 9.97 Å². The summed E-state index contributed by atoms with van der Waals surface area (Å²) < 4.78 is 5.17. The summed E-state index contributed by atoms with van der Waals surface area (Å²) in [6.07, 6.45) is 3.77. The van der Waals surface area contributed by atoms with Crippen LogP contribution in [0, 0.1) is 6.92 Å². The second-order valence-corrected chi connectivity index (χ2v) is 16.6. The van der Waals surface area contributed by atoms with Gasteiger partial charge in [0.15, 0.2) is 5.82 Å². The van der Waals surface area contributed by atoms with Gasteiger partial charge < -0.3 is 0 Å². The van der Waals surface area contributed by atoms with Gasteiger partial charge in [-0.1, -0.05) is 127 Å². The van der Waals surface area contributed by atoms with Crippen molar-refractivity contribution in [1.29, 1.82) is 0 Å². The first-order chi connectivity index (χ1) is 28.1. The standard InChI is InChI=1S/C52H33N3S2/c1-32-25-26-53-31-45(32)33-21-23-35(24-22-33)52-54-46(34-11-3-2-4-12-34)30-47(55-52)38-28-36(39-15-9-17-43-41-13-5-7-19-48(41)56-50(39)43)27-37(29-38)40-16-10-18-44-42-14-6-8-20-49(42)57-51(40)44/h2-31H,1H3. The number of aryl methyl sites for hydroxylation is 1. The number of thiophene rings is 2. The Morgan fingerprint density at radius 3 is 1.53 bits per heavy atom. The minimum atomic E-state index is 0.686. The topological polar surface area (TPSA) is 38.7 Å². The molecule has 0 N–H and O–H groups in total. The fraction of sp³-hybridized carbons (Fsp3) is 0.0192. The van der Waals surface area contributed by atoms with E-state index >= 15 is 0 Å². The Hall–Kier alpha value is -6.79. The van der Waals surface area contributed by atoms with Crippen molar-refractivity contribution in [3.8, 4) is 67.3 Å². The fourth-order valence-corrected chi connectivity index (χ4v) is 10.6. The number of pyridine rings is 1. The molecule has 3 nitrogen and oxygen atoms in total. The summed E-state index contributed by atoms with van der Waals surface area (Å²) in [7, 11) is 0. The lowest BCUT2D eigenvalue weighted by Crippen LogP contribution is -1.97. The van der Waals surface area contributed by atoms with E-state index in [9.17, 15) is 0 Å². The minimum Gasteiger partial charge on any atom is -0.264 e. The van der Waals surface area contributed by atoms with Crippen LogP contribution in [0.2, 0.25) is 0 Å². The van der Waals surface area contributed by atoms with Gasteiger partial charge in [0.25, 0.3) is 0 Å². The predicted octanol–water partition coefficient (Wildman–Crippen LogP) is 14.9. The highest BCUT2D eigenvalue weighted by Crippen LogP contribution is 2.45. The molecule has 57 heavy (non-hydrogen) atoms. The molecule has 0 aliphatic carbocycles. The van der Waals surface area contributed by atoms with Crippen LogP contribution < -0.4 is 0 Å². The van der Waals surface area contributed by atoms with Gasteiger partial charge in [0.2, 0.25) is 0 Å². The summed E-state index contributed by atoms with van der Waals surface area (Å²) >= 11 is 3.73. The molecule has 0 atom stereocenters. The zero-order chi connectivity index (χ0) is 37.9. The highest BCUT2D eigenvalue weighted by atomic mass is 32.1. The lowest BCUT2D eigenvalue weighted by molar-refractivity contribution is 1.18. The summed E-state index contributed by atoms with van der Waals surface area (Å²) in [4.78, 5) is 14.9. The van der Waals surface area contributed by atoms with Gasteiger partial charge >= 0.3 is 0 Å². The van der Waals surface area contributed by atoms with Gasteiger partial charge in [-0.25, -0.2) is 9.97 Å². The van der Waals surface area contributed by atoms with Crippen LogP contribution in [0.3, 0.4) is 0 Å². The second-order valence-electron chi connectivity index (χ2n) is 14.5. The van der Waals surface area contributed by atoms with Gasteiger partial charge in [0.1, 0.15) is 0 Å². The molecular weight excluding hydrogens is 731 g/mol. The maximum absolute atomic E-state index is 5.36. The van der Waals surface area contributed by atoms with E-state index in [1.54, 1.807) is 0 Å². The molecule has 0 aliphatic rings. The number of nitrogens with zero attached hydrogens (tertiary/aromatic N) is 3. The van der Waals surface area contributed by atoms with Crippen LogP contribution in [0.25, 0.3) is 108 Å². The summed E-state index contributed by atoms with van der Waals surface area (Å²) in [5.41, 5.74) is 13.0. The Morgan fingerprint density at radius 1 is 0.386 bits per heavy atom. The highest BCUT2D eigenvalue weighted by molar-refractivity contribution is 7.26. The summed E-state index contributed by atoms with van der Waals surface area (Å²) in [6.45, 7) is 2.12. The van der Waals surface area contributed by atoms with Crippen molar-refractivity contribution in [1.82, 2.24) is 15.0 Å². The van der Waals surface area contributed by atoms with E-state index < -0.39 is 0 Å². The van der Waals surface area contributed by atoms with E-state index in [2.05, 4.69) is 170 Å². The van der Waals surface area contributed by atoms with Gasteiger partial charge in [0.05, 0.1) is 11.4 Å². The zero-order valence-electron chi connectivity index (χ0n) is 31.0. The summed E-state index contributed by atoms with van der Waals surface area (Å²) in [5.74, 6) is 0.686. The molecule has 0 fully saturated rings. The number of hydrogen-bond acceptors (Lipinski definition) is 5. The molecule has 7 aromatic carbocycles. The van der Waals surface area contributed by atoms with E-state index in [0.717, 1.165) is 50.3 Å². The molecule has 0 aliphatic heterocycles. The van der Waals surface area contributed by atoms with Crippen LogP contribution in [-0.4, -0.2) is 15.0 Å². The number of aromatic nitrogens is 3. The molecule has 4 aromatic heterocycles. The molecule has 0 saturated heterocycles. The maximum atomic E-state index is 5.36. The molecule has 0 unspecified atom stereocenters. The van der Waals surface area contributed by atoms with E-state index in [0.29, 0.717) is 5.82 Å². The molecule has 11 aromatic rings. The van der Waals surface area contributed by atoms with Crippen LogP contribution in [0.4, 0.5) is 0 Å². The number of fused-ring (bicyclic) bond motifs is 6. The Kier molecular flexibility index (Phi) is 8.09. The number of hydrogen-bond donors (Lipinski definition) is 0. The maximum Gasteiger partial charge on any atom is 0.160 e. The molecule has 0 radical (unpaired) electrons. The van der Waals surface area contributed by atoms with Crippen molar-refractivity contribution in [2.45, 2.75) is 6.92 Å². The molecule has 0 spiro atoms. The van der Waals surface area contributed by atoms with E-state index in [1.165, 1.54) is 57.0 Å². The lowest BCUT2D eigenvalue weighted by Gasteiger charge is -2.14. The van der Waals surface area contributed by atoms with Crippen molar-refractivity contribution >= 4 is 63.0 Å². The zero-order valence-corrected chi connectivity index (χ0v) is 32.6. The smallest absolute Gasteiger partial charge is 0.160 e. The summed E-state index contributed by atoms with van der Waals surface area (Å²) in [5, 5.41) is 5.16. The number of benzene rings is 7. The van der Waals surface area contributed by atoms with E-state index in [-0.39, 0.29) is 0 Å². The third-order valence-corrected chi connectivity index (χ3v) is 13.4. The number of rotatable bonds is 6. The van der Waals surface area contributed by atoms with Crippen molar-refractivity contribution in [3.63, 3.8) is 0 Å². The SMILES string of the molecule is Cc1ccncc1-c1ccc(-c2nc(-c3ccccc3)cc(-c3cc(-c4cccc5c4sc4ccccc45)cc(-c4cccc5c4sc4ccccc45)c3)n2)cc1. The molecule has 0 bridgehead atoms. The third kappa shape index (κ3) is 5.91. The van der Waals surface area contributed by atoms with Gasteiger partial charge in [0, 0.05) is 75.0 Å². The predicted molar refractivity (Wildman–Crippen MR) is 243 cm³/mol. The van der Waals surface area contributed by atoms with E-state index in [1.807, 2.05) is 47.2 Å². The first-order valence-electron chi connectivity index (χ1n) is 19.1. The quantitative estimate of drug-likeness (QED) is 0.169. The van der Waals surface area contributed by atoms with Gasteiger partial charge in [-0.05, 0) is 82.8 Å². The van der Waals surface area contributed by atoms with Gasteiger partial charge in [-0.2, -0.15) is 0 Å².